The van der Waals surface area contributed by atoms with Crippen LogP contribution in [-0.4, -0.2) is 26.2 Å². The average Bonchev–Trinajstić information content (AvgIpc) is 2.75. The largest absolute Gasteiger partial charge is 0.324 e. The van der Waals surface area contributed by atoms with Gasteiger partial charge in [-0.25, -0.2) is 14.5 Å². The standard InChI is InChI=1S/C24H21ClN4O2S/c1-14-8-9-26-20(12-14)29-23(31)17-6-4-5-7-19(17)27-24(29)32-13-21(30)28-22-16(3)10-15(2)11-18(22)25/h4-12H,13H2,1-3H3,(H,28,30). The van der Waals surface area contributed by atoms with E-state index in [0.29, 0.717) is 32.6 Å². The van der Waals surface area contributed by atoms with Gasteiger partial charge in [0.2, 0.25) is 5.91 Å². The number of amides is 1. The van der Waals surface area contributed by atoms with Gasteiger partial charge in [-0.3, -0.25) is 9.59 Å². The number of benzene rings is 2. The second kappa shape index (κ2) is 9.14. The van der Waals surface area contributed by atoms with Gasteiger partial charge in [-0.2, -0.15) is 0 Å². The minimum Gasteiger partial charge on any atom is -0.324 e. The van der Waals surface area contributed by atoms with E-state index in [1.54, 1.807) is 24.4 Å². The molecule has 4 aromatic rings. The van der Waals surface area contributed by atoms with Crippen LogP contribution in [0, 0.1) is 20.8 Å². The van der Waals surface area contributed by atoms with Gasteiger partial charge in [-0.05, 0) is 67.8 Å². The highest BCUT2D eigenvalue weighted by Crippen LogP contribution is 2.28. The third kappa shape index (κ3) is 4.54. The van der Waals surface area contributed by atoms with Crippen LogP contribution in [0.25, 0.3) is 16.7 Å². The van der Waals surface area contributed by atoms with Crippen molar-refractivity contribution >= 4 is 45.9 Å². The highest BCUT2D eigenvalue weighted by molar-refractivity contribution is 7.99. The first-order chi connectivity index (χ1) is 15.3. The van der Waals surface area contributed by atoms with E-state index in [1.165, 1.54) is 16.3 Å². The molecule has 0 aliphatic rings. The van der Waals surface area contributed by atoms with Crippen molar-refractivity contribution in [2.45, 2.75) is 25.9 Å². The summed E-state index contributed by atoms with van der Waals surface area (Å²) in [7, 11) is 0. The number of carbonyl (C=O) groups excluding carboxylic acids is 1. The smallest absolute Gasteiger partial charge is 0.267 e. The molecule has 8 heteroatoms. The number of rotatable bonds is 5. The molecule has 0 saturated carbocycles. The Morgan fingerprint density at radius 3 is 2.62 bits per heavy atom. The van der Waals surface area contributed by atoms with Crippen LogP contribution < -0.4 is 10.9 Å². The van der Waals surface area contributed by atoms with E-state index in [-0.39, 0.29) is 17.2 Å². The van der Waals surface area contributed by atoms with Crippen LogP contribution in [-0.2, 0) is 4.79 Å². The average molecular weight is 465 g/mol. The summed E-state index contributed by atoms with van der Waals surface area (Å²) in [6.45, 7) is 5.77. The highest BCUT2D eigenvalue weighted by Gasteiger charge is 2.16. The van der Waals surface area contributed by atoms with E-state index in [1.807, 2.05) is 51.1 Å². The van der Waals surface area contributed by atoms with Crippen LogP contribution in [0.1, 0.15) is 16.7 Å². The van der Waals surface area contributed by atoms with Crippen molar-refractivity contribution in [2.24, 2.45) is 0 Å². The molecule has 2 aromatic heterocycles. The van der Waals surface area contributed by atoms with E-state index in [2.05, 4.69) is 15.3 Å². The Bertz CT molecular complexity index is 1380. The SMILES string of the molecule is Cc1ccnc(-n2c(SCC(=O)Nc3c(C)cc(C)cc3Cl)nc3ccccc3c2=O)c1. The predicted octanol–water partition coefficient (Wildman–Crippen LogP) is 5.09. The maximum absolute atomic E-state index is 13.3. The van der Waals surface area contributed by atoms with Crippen LogP contribution in [0.2, 0.25) is 5.02 Å². The zero-order valence-corrected chi connectivity index (χ0v) is 19.4. The lowest BCUT2D eigenvalue weighted by molar-refractivity contribution is -0.113. The number of anilines is 1. The third-order valence-electron chi connectivity index (χ3n) is 4.90. The summed E-state index contributed by atoms with van der Waals surface area (Å²) in [6.07, 6.45) is 1.65. The first-order valence-electron chi connectivity index (χ1n) is 9.97. The normalized spacial score (nSPS) is 11.0. The van der Waals surface area contributed by atoms with E-state index >= 15 is 0 Å². The van der Waals surface area contributed by atoms with Crippen LogP contribution in [0.15, 0.2) is 64.7 Å². The van der Waals surface area contributed by atoms with Crippen molar-refractivity contribution in [3.63, 3.8) is 0 Å². The number of aryl methyl sites for hydroxylation is 3. The van der Waals surface area contributed by atoms with Gasteiger partial charge in [0.25, 0.3) is 5.56 Å². The second-order valence-electron chi connectivity index (χ2n) is 7.52. The van der Waals surface area contributed by atoms with E-state index in [4.69, 9.17) is 11.6 Å². The summed E-state index contributed by atoms with van der Waals surface area (Å²) in [6, 6.07) is 14.6. The van der Waals surface area contributed by atoms with Gasteiger partial charge in [0, 0.05) is 6.20 Å². The molecule has 0 unspecified atom stereocenters. The van der Waals surface area contributed by atoms with Crippen molar-refractivity contribution in [1.82, 2.24) is 14.5 Å². The lowest BCUT2D eigenvalue weighted by atomic mass is 10.1. The molecular formula is C24H21ClN4O2S. The molecule has 32 heavy (non-hydrogen) atoms. The number of hydrogen-bond acceptors (Lipinski definition) is 5. The molecule has 2 aromatic carbocycles. The Labute approximate surface area is 194 Å². The summed E-state index contributed by atoms with van der Waals surface area (Å²) in [5, 5.41) is 4.25. The number of para-hydroxylation sites is 1. The van der Waals surface area contributed by atoms with Gasteiger partial charge in [0.05, 0.1) is 27.4 Å². The number of fused-ring (bicyclic) bond motifs is 1. The fraction of sp³-hybridized carbons (Fsp3) is 0.167. The van der Waals surface area contributed by atoms with E-state index in [0.717, 1.165) is 16.7 Å². The topological polar surface area (TPSA) is 76.9 Å². The zero-order valence-electron chi connectivity index (χ0n) is 17.8. The highest BCUT2D eigenvalue weighted by atomic mass is 35.5. The summed E-state index contributed by atoms with van der Waals surface area (Å²) in [5.74, 6) is 0.281. The molecule has 162 valence electrons. The third-order valence-corrected chi connectivity index (χ3v) is 6.14. The molecule has 0 radical (unpaired) electrons. The van der Waals surface area contributed by atoms with Gasteiger partial charge in [0.15, 0.2) is 5.16 Å². The molecule has 0 spiro atoms. The Hall–Kier alpha value is -3.16. The molecule has 0 saturated heterocycles. The van der Waals surface area contributed by atoms with E-state index in [9.17, 15) is 9.59 Å². The Morgan fingerprint density at radius 2 is 1.88 bits per heavy atom. The number of aromatic nitrogens is 3. The van der Waals surface area contributed by atoms with Crippen LogP contribution in [0.4, 0.5) is 5.69 Å². The fourth-order valence-electron chi connectivity index (χ4n) is 3.43. The van der Waals surface area contributed by atoms with Crippen LogP contribution >= 0.6 is 23.4 Å². The number of thioether (sulfide) groups is 1. The summed E-state index contributed by atoms with van der Waals surface area (Å²) in [4.78, 5) is 35.0. The number of carbonyl (C=O) groups is 1. The Morgan fingerprint density at radius 1 is 1.09 bits per heavy atom. The first-order valence-corrected chi connectivity index (χ1v) is 11.3. The molecule has 0 atom stereocenters. The van der Waals surface area contributed by atoms with Crippen molar-refractivity contribution in [2.75, 3.05) is 11.1 Å². The Balaban J connectivity index is 1.68. The zero-order chi connectivity index (χ0) is 22.8. The van der Waals surface area contributed by atoms with Crippen molar-refractivity contribution in [3.8, 4) is 5.82 Å². The van der Waals surface area contributed by atoms with Crippen LogP contribution in [0.5, 0.6) is 0 Å². The molecule has 0 fully saturated rings. The second-order valence-corrected chi connectivity index (χ2v) is 8.87. The van der Waals surface area contributed by atoms with Crippen molar-refractivity contribution < 1.29 is 4.79 Å². The number of halogens is 1. The molecule has 2 heterocycles. The molecule has 0 aliphatic carbocycles. The number of nitrogens with one attached hydrogen (secondary N) is 1. The summed E-state index contributed by atoms with van der Waals surface area (Å²) >= 11 is 7.49. The van der Waals surface area contributed by atoms with Crippen LogP contribution in [0.3, 0.4) is 0 Å². The number of hydrogen-bond donors (Lipinski definition) is 1. The minimum atomic E-state index is -0.241. The molecule has 0 aliphatic heterocycles. The summed E-state index contributed by atoms with van der Waals surface area (Å²) in [5.41, 5.74) is 3.81. The minimum absolute atomic E-state index is 0.0558. The molecule has 4 rings (SSSR count). The number of pyridine rings is 1. The molecular weight excluding hydrogens is 444 g/mol. The first kappa shape index (κ1) is 22.0. The quantitative estimate of drug-likeness (QED) is 0.329. The lowest BCUT2D eigenvalue weighted by Gasteiger charge is -2.14. The lowest BCUT2D eigenvalue weighted by Crippen LogP contribution is -2.23. The van der Waals surface area contributed by atoms with Gasteiger partial charge in [-0.1, -0.05) is 41.6 Å². The molecule has 0 bridgehead atoms. The van der Waals surface area contributed by atoms with E-state index < -0.39 is 0 Å². The maximum Gasteiger partial charge on any atom is 0.267 e. The van der Waals surface area contributed by atoms with Crippen molar-refractivity contribution in [1.29, 1.82) is 0 Å². The fourth-order valence-corrected chi connectivity index (χ4v) is 4.60. The maximum atomic E-state index is 13.3. The molecule has 6 nitrogen and oxygen atoms in total. The Kier molecular flexibility index (Phi) is 6.30. The number of nitrogens with zero attached hydrogens (tertiary/aromatic N) is 3. The van der Waals surface area contributed by atoms with Gasteiger partial charge in [0.1, 0.15) is 5.82 Å². The predicted molar refractivity (Wildman–Crippen MR) is 130 cm³/mol. The van der Waals surface area contributed by atoms with Gasteiger partial charge >= 0.3 is 0 Å². The van der Waals surface area contributed by atoms with Gasteiger partial charge in [-0.15, -0.1) is 0 Å². The van der Waals surface area contributed by atoms with Crippen molar-refractivity contribution in [3.05, 3.63) is 86.8 Å². The summed E-state index contributed by atoms with van der Waals surface area (Å²) < 4.78 is 1.46. The molecule has 1 N–H and O–H groups in total. The molecule has 1 amide bonds. The monoisotopic (exact) mass is 464 g/mol. The van der Waals surface area contributed by atoms with Gasteiger partial charge < -0.3 is 5.32 Å².